The van der Waals surface area contributed by atoms with Crippen LogP contribution >= 0.6 is 27.7 Å². The minimum absolute atomic E-state index is 0.0175. The average molecular weight is 519 g/mol. The maximum absolute atomic E-state index is 14.0. The molecule has 0 bridgehead atoms. The number of nitrogens with zero attached hydrogens (tertiary/aromatic N) is 4. The smallest absolute Gasteiger partial charge is 0.383 e. The van der Waals surface area contributed by atoms with Crippen LogP contribution in [0.15, 0.2) is 37.0 Å². The van der Waals surface area contributed by atoms with Crippen molar-refractivity contribution in [2.75, 3.05) is 11.1 Å². The zero-order chi connectivity index (χ0) is 23.6. The summed E-state index contributed by atoms with van der Waals surface area (Å²) in [5, 5.41) is 23.3. The van der Waals surface area contributed by atoms with Crippen molar-refractivity contribution in [2.24, 2.45) is 7.05 Å². The van der Waals surface area contributed by atoms with Gasteiger partial charge in [-0.25, -0.2) is 14.2 Å². The molecule has 0 saturated heterocycles. The number of carbonyl (C=O) groups excluding carboxylic acids is 1. The van der Waals surface area contributed by atoms with Crippen LogP contribution in [-0.2, 0) is 11.8 Å². The van der Waals surface area contributed by atoms with Gasteiger partial charge < -0.3 is 11.1 Å². The second-order valence-electron chi connectivity index (χ2n) is 6.41. The Balaban J connectivity index is 2.01. The highest BCUT2D eigenvalue weighted by atomic mass is 79.9. The number of halogens is 2. The number of hydrogen-bond donors (Lipinski definition) is 3. The van der Waals surface area contributed by atoms with Crippen LogP contribution < -0.4 is 21.4 Å². The molecule has 1 atom stereocenters. The Morgan fingerprint density at radius 2 is 2.09 bits per heavy atom. The first-order valence-corrected chi connectivity index (χ1v) is 10.5. The molecule has 2 heterocycles. The number of pyridine rings is 1. The molecule has 13 heteroatoms. The number of nitrogens with one attached hydrogen (secondary N) is 2. The zero-order valence-corrected chi connectivity index (χ0v) is 19.0. The van der Waals surface area contributed by atoms with Crippen LogP contribution in [0, 0.1) is 28.5 Å². The first kappa shape index (κ1) is 23.0. The number of nitriles is 2. The highest BCUT2D eigenvalue weighted by molar-refractivity contribution is 9.10. The van der Waals surface area contributed by atoms with E-state index in [1.165, 1.54) is 30.8 Å². The third-order valence-corrected chi connectivity index (χ3v) is 5.88. The summed E-state index contributed by atoms with van der Waals surface area (Å²) in [4.78, 5) is 28.9. The number of nitrogens with two attached hydrogens (primary N) is 1. The lowest BCUT2D eigenvalue weighted by Crippen LogP contribution is -2.34. The fraction of sp³-hybridized carbons (Fsp3) is 0.158. The number of aromatic nitrogens is 3. The van der Waals surface area contributed by atoms with Crippen LogP contribution in [0.25, 0.3) is 11.3 Å². The SMILES string of the molecule is CC(Sc1nc(N)c(C#N)c(-c2c(=O)o[nH][n+]2C)c1C#N)C(=O)Nc1ccc(Br)cc1F. The van der Waals surface area contributed by atoms with E-state index in [0.717, 1.165) is 11.8 Å². The molecule has 0 radical (unpaired) electrons. The summed E-state index contributed by atoms with van der Waals surface area (Å²) in [6.07, 6.45) is 0. The molecule has 0 fully saturated rings. The highest BCUT2D eigenvalue weighted by Gasteiger charge is 2.32. The van der Waals surface area contributed by atoms with E-state index in [1.54, 1.807) is 6.07 Å². The van der Waals surface area contributed by atoms with Crippen molar-refractivity contribution in [3.63, 3.8) is 0 Å². The second-order valence-corrected chi connectivity index (χ2v) is 8.66. The summed E-state index contributed by atoms with van der Waals surface area (Å²) < 4.78 is 20.5. The van der Waals surface area contributed by atoms with E-state index >= 15 is 0 Å². The van der Waals surface area contributed by atoms with Gasteiger partial charge in [0.15, 0.2) is 7.05 Å². The molecular weight excluding hydrogens is 505 g/mol. The van der Waals surface area contributed by atoms with E-state index in [9.17, 15) is 24.5 Å². The Labute approximate surface area is 192 Å². The predicted octanol–water partition coefficient (Wildman–Crippen LogP) is 2.20. The molecule has 0 saturated carbocycles. The van der Waals surface area contributed by atoms with E-state index in [4.69, 9.17) is 10.3 Å². The number of thioether (sulfide) groups is 1. The Bertz CT molecular complexity index is 1370. The Morgan fingerprint density at radius 1 is 1.41 bits per heavy atom. The maximum Gasteiger partial charge on any atom is 0.435 e. The van der Waals surface area contributed by atoms with E-state index in [0.29, 0.717) is 4.47 Å². The molecule has 4 N–H and O–H groups in total. The van der Waals surface area contributed by atoms with Gasteiger partial charge in [-0.05, 0) is 30.4 Å². The van der Waals surface area contributed by atoms with Gasteiger partial charge in [0, 0.05) is 4.47 Å². The van der Waals surface area contributed by atoms with Crippen molar-refractivity contribution in [3.05, 3.63) is 50.0 Å². The Hall–Kier alpha value is -3.68. The van der Waals surface area contributed by atoms with E-state index < -0.39 is 22.6 Å². The largest absolute Gasteiger partial charge is 0.435 e. The zero-order valence-electron chi connectivity index (χ0n) is 16.6. The van der Waals surface area contributed by atoms with Crippen molar-refractivity contribution in [1.82, 2.24) is 10.3 Å². The molecule has 0 aliphatic carbocycles. The molecule has 3 aromatic rings. The topological polar surface area (TPSA) is 165 Å². The van der Waals surface area contributed by atoms with Crippen LogP contribution in [0.1, 0.15) is 18.1 Å². The van der Waals surface area contributed by atoms with Crippen LogP contribution in [0.3, 0.4) is 0 Å². The highest BCUT2D eigenvalue weighted by Crippen LogP contribution is 2.35. The van der Waals surface area contributed by atoms with E-state index in [-0.39, 0.29) is 38.9 Å². The molecule has 10 nitrogen and oxygen atoms in total. The number of amides is 1. The summed E-state index contributed by atoms with van der Waals surface area (Å²) in [6, 6.07) is 7.95. The Kier molecular flexibility index (Phi) is 6.62. The molecule has 0 aliphatic heterocycles. The first-order valence-electron chi connectivity index (χ1n) is 8.82. The van der Waals surface area contributed by atoms with Gasteiger partial charge in [0.2, 0.25) is 5.91 Å². The normalized spacial score (nSPS) is 11.4. The summed E-state index contributed by atoms with van der Waals surface area (Å²) >= 11 is 4.01. The third-order valence-electron chi connectivity index (χ3n) is 4.30. The summed E-state index contributed by atoms with van der Waals surface area (Å²) in [5.41, 5.74) is 4.60. The van der Waals surface area contributed by atoms with Gasteiger partial charge in [0.05, 0.1) is 16.5 Å². The molecule has 0 aliphatic rings. The number of aromatic amines is 1. The number of anilines is 2. The van der Waals surface area contributed by atoms with Gasteiger partial charge in [-0.15, -0.1) is 0 Å². The van der Waals surface area contributed by atoms with E-state index in [1.807, 2.05) is 12.1 Å². The third kappa shape index (κ3) is 4.34. The molecule has 32 heavy (non-hydrogen) atoms. The minimum Gasteiger partial charge on any atom is -0.383 e. The summed E-state index contributed by atoms with van der Waals surface area (Å²) in [6.45, 7) is 1.53. The molecule has 1 amide bonds. The lowest BCUT2D eigenvalue weighted by Gasteiger charge is -2.14. The van der Waals surface area contributed by atoms with Crippen molar-refractivity contribution in [2.45, 2.75) is 17.2 Å². The van der Waals surface area contributed by atoms with Crippen molar-refractivity contribution < 1.29 is 18.4 Å². The maximum atomic E-state index is 14.0. The van der Waals surface area contributed by atoms with Crippen LogP contribution in [-0.4, -0.2) is 21.4 Å². The predicted molar refractivity (Wildman–Crippen MR) is 116 cm³/mol. The number of nitrogen functional groups attached to an aromatic ring is 1. The average Bonchev–Trinajstić information content (AvgIpc) is 3.07. The van der Waals surface area contributed by atoms with Gasteiger partial charge in [0.1, 0.15) is 39.9 Å². The fourth-order valence-corrected chi connectivity index (χ4v) is 4.03. The summed E-state index contributed by atoms with van der Waals surface area (Å²) in [7, 11) is 1.45. The van der Waals surface area contributed by atoms with Crippen LogP contribution in [0.4, 0.5) is 15.9 Å². The lowest BCUT2D eigenvalue weighted by atomic mass is 10.0. The number of H-pyrrole nitrogens is 1. The van der Waals surface area contributed by atoms with Crippen molar-refractivity contribution >= 4 is 45.1 Å². The molecule has 3 rings (SSSR count). The minimum atomic E-state index is -0.839. The molecule has 162 valence electrons. The quantitative estimate of drug-likeness (QED) is 0.341. The van der Waals surface area contributed by atoms with Gasteiger partial charge in [0.25, 0.3) is 0 Å². The first-order chi connectivity index (χ1) is 15.2. The van der Waals surface area contributed by atoms with Gasteiger partial charge in [-0.3, -0.25) is 9.32 Å². The lowest BCUT2D eigenvalue weighted by molar-refractivity contribution is -0.730. The van der Waals surface area contributed by atoms with Crippen molar-refractivity contribution in [3.8, 4) is 23.4 Å². The van der Waals surface area contributed by atoms with Gasteiger partial charge >= 0.3 is 11.3 Å². The van der Waals surface area contributed by atoms with Gasteiger partial charge in [-0.1, -0.05) is 32.4 Å². The second kappa shape index (κ2) is 9.21. The number of aryl methyl sites for hydroxylation is 1. The van der Waals surface area contributed by atoms with E-state index in [2.05, 4.69) is 31.5 Å². The molecule has 1 aromatic carbocycles. The number of carbonyl (C=O) groups is 1. The summed E-state index contributed by atoms with van der Waals surface area (Å²) in [5.74, 6) is -1.41. The number of hydrogen-bond acceptors (Lipinski definition) is 8. The van der Waals surface area contributed by atoms with Crippen molar-refractivity contribution in [1.29, 1.82) is 10.5 Å². The Morgan fingerprint density at radius 3 is 2.66 bits per heavy atom. The van der Waals surface area contributed by atoms with Crippen LogP contribution in [0.2, 0.25) is 0 Å². The molecule has 1 unspecified atom stereocenters. The molecular formula is C19H14BrFN7O3S+. The molecule has 2 aromatic heterocycles. The monoisotopic (exact) mass is 518 g/mol. The molecule has 0 spiro atoms. The standard InChI is InChI=1S/C19H13BrFN7O3S/c1-8(17(29)25-13-4-3-9(20)5-12(13)21)32-18-11(7-23)14(10(6-22)16(24)26-18)15-19(30)31-27-28(15)2/h3-5,8H,1-2H3,(H3-,24,25,26,27,29,30)/p+1. The van der Waals surface area contributed by atoms with Gasteiger partial charge in [-0.2, -0.15) is 10.5 Å². The fourth-order valence-electron chi connectivity index (χ4n) is 2.78. The number of rotatable bonds is 5. The van der Waals surface area contributed by atoms with Crippen LogP contribution in [0.5, 0.6) is 0 Å². The number of benzene rings is 1.